The molecule has 3 heteroatoms. The second-order valence-corrected chi connectivity index (χ2v) is 6.03. The van der Waals surface area contributed by atoms with Crippen molar-refractivity contribution in [2.45, 2.75) is 37.0 Å². The van der Waals surface area contributed by atoms with Crippen LogP contribution in [0.2, 0.25) is 0 Å². The van der Waals surface area contributed by atoms with Crippen molar-refractivity contribution < 1.29 is 5.11 Å². The van der Waals surface area contributed by atoms with Gasteiger partial charge in [0.05, 0.1) is 6.61 Å². The van der Waals surface area contributed by atoms with Gasteiger partial charge in [0, 0.05) is 10.8 Å². The van der Waals surface area contributed by atoms with E-state index in [-0.39, 0.29) is 0 Å². The van der Waals surface area contributed by atoms with Gasteiger partial charge in [0.1, 0.15) is 0 Å². The lowest BCUT2D eigenvalue weighted by Gasteiger charge is -2.33. The molecule has 0 aromatic carbocycles. The molecule has 0 saturated carbocycles. The second kappa shape index (κ2) is 3.79. The largest absolute Gasteiger partial charge is 0.395 e. The quantitative estimate of drug-likeness (QED) is 0.705. The number of hydrogen-bond acceptors (Lipinski definition) is 3. The zero-order chi connectivity index (χ0) is 9.31. The molecule has 3 atom stereocenters. The highest BCUT2D eigenvalue weighted by molar-refractivity contribution is 8.00. The third kappa shape index (κ3) is 1.74. The maximum atomic E-state index is 9.24. The number of aliphatic hydroxyl groups is 1. The number of thioether (sulfide) groups is 1. The van der Waals surface area contributed by atoms with E-state index in [0.29, 0.717) is 23.3 Å². The fraction of sp³-hybridized carbons (Fsp3) is 1.00. The fourth-order valence-corrected chi connectivity index (χ4v) is 4.32. The minimum atomic E-state index is 0.306. The third-order valence-electron chi connectivity index (χ3n) is 3.58. The van der Waals surface area contributed by atoms with Crippen LogP contribution >= 0.6 is 11.8 Å². The van der Waals surface area contributed by atoms with Gasteiger partial charge < -0.3 is 10.4 Å². The topological polar surface area (TPSA) is 32.3 Å². The molecule has 2 saturated heterocycles. The first-order valence-corrected chi connectivity index (χ1v) is 6.23. The summed E-state index contributed by atoms with van der Waals surface area (Å²) in [5.41, 5.74) is 0. The van der Waals surface area contributed by atoms with E-state index in [4.69, 9.17) is 0 Å². The molecule has 2 aliphatic rings. The molecule has 2 fully saturated rings. The minimum Gasteiger partial charge on any atom is -0.395 e. The van der Waals surface area contributed by atoms with Crippen LogP contribution in [0, 0.1) is 5.92 Å². The summed E-state index contributed by atoms with van der Waals surface area (Å²) < 4.78 is 0.441. The first-order valence-electron chi connectivity index (χ1n) is 5.24. The predicted octanol–water partition coefficient (Wildman–Crippen LogP) is 1.24. The van der Waals surface area contributed by atoms with Crippen molar-refractivity contribution in [3.63, 3.8) is 0 Å². The summed E-state index contributed by atoms with van der Waals surface area (Å²) in [6, 6.07) is 0.357. The van der Waals surface area contributed by atoms with Gasteiger partial charge in [-0.15, -0.1) is 0 Å². The molecule has 0 aliphatic carbocycles. The van der Waals surface area contributed by atoms with Gasteiger partial charge in [0.25, 0.3) is 0 Å². The van der Waals surface area contributed by atoms with Gasteiger partial charge in [0.15, 0.2) is 0 Å². The SMILES string of the molecule is CC1(C2CCNC2CO)CCCS1. The normalized spacial score (nSPS) is 45.7. The zero-order valence-electron chi connectivity index (χ0n) is 8.25. The molecule has 13 heavy (non-hydrogen) atoms. The Kier molecular flexibility index (Phi) is 2.86. The molecular weight excluding hydrogens is 182 g/mol. The molecule has 0 spiro atoms. The van der Waals surface area contributed by atoms with E-state index in [0.717, 1.165) is 6.54 Å². The van der Waals surface area contributed by atoms with Crippen LogP contribution in [0.5, 0.6) is 0 Å². The molecule has 0 aromatic heterocycles. The van der Waals surface area contributed by atoms with E-state index < -0.39 is 0 Å². The van der Waals surface area contributed by atoms with E-state index in [1.54, 1.807) is 0 Å². The first kappa shape index (κ1) is 9.81. The van der Waals surface area contributed by atoms with Crippen LogP contribution < -0.4 is 5.32 Å². The van der Waals surface area contributed by atoms with Crippen LogP contribution in [0.1, 0.15) is 26.2 Å². The summed E-state index contributed by atoms with van der Waals surface area (Å²) in [5, 5.41) is 12.6. The lowest BCUT2D eigenvalue weighted by atomic mass is 9.84. The van der Waals surface area contributed by atoms with Gasteiger partial charge in [-0.2, -0.15) is 11.8 Å². The number of hydrogen-bond donors (Lipinski definition) is 2. The van der Waals surface area contributed by atoms with E-state index in [9.17, 15) is 5.11 Å². The molecule has 3 unspecified atom stereocenters. The molecule has 2 N–H and O–H groups in total. The lowest BCUT2D eigenvalue weighted by molar-refractivity contribution is 0.208. The maximum absolute atomic E-state index is 9.24. The Hall–Kier alpha value is 0.270. The van der Waals surface area contributed by atoms with Gasteiger partial charge >= 0.3 is 0 Å². The van der Waals surface area contributed by atoms with Crippen molar-refractivity contribution in [2.75, 3.05) is 18.9 Å². The molecule has 76 valence electrons. The smallest absolute Gasteiger partial charge is 0.0587 e. The average molecular weight is 201 g/mol. The van der Waals surface area contributed by atoms with Crippen LogP contribution in [0.4, 0.5) is 0 Å². The zero-order valence-corrected chi connectivity index (χ0v) is 9.07. The van der Waals surface area contributed by atoms with Crippen LogP contribution in [-0.4, -0.2) is 34.8 Å². The monoisotopic (exact) mass is 201 g/mol. The Labute approximate surface area is 84.5 Å². The van der Waals surface area contributed by atoms with Gasteiger partial charge in [-0.1, -0.05) is 6.92 Å². The molecule has 0 bridgehead atoms. The Morgan fingerprint density at radius 1 is 1.62 bits per heavy atom. The Morgan fingerprint density at radius 3 is 3.08 bits per heavy atom. The van der Waals surface area contributed by atoms with E-state index in [2.05, 4.69) is 24.0 Å². The average Bonchev–Trinajstić information content (AvgIpc) is 2.72. The molecule has 2 nitrogen and oxygen atoms in total. The Balaban J connectivity index is 2.05. The first-order chi connectivity index (χ1) is 6.26. The van der Waals surface area contributed by atoms with Gasteiger partial charge in [0.2, 0.25) is 0 Å². The molecular formula is C10H19NOS. The summed E-state index contributed by atoms with van der Waals surface area (Å²) in [4.78, 5) is 0. The molecule has 2 rings (SSSR count). The summed E-state index contributed by atoms with van der Waals surface area (Å²) in [7, 11) is 0. The standard InChI is InChI=1S/C10H19NOS/c1-10(4-2-6-13-10)8-3-5-11-9(8)7-12/h8-9,11-12H,2-7H2,1H3. The summed E-state index contributed by atoms with van der Waals surface area (Å²) in [6.45, 7) is 3.78. The summed E-state index contributed by atoms with van der Waals surface area (Å²) >= 11 is 2.11. The minimum absolute atomic E-state index is 0.306. The number of nitrogens with one attached hydrogen (secondary N) is 1. The maximum Gasteiger partial charge on any atom is 0.0587 e. The van der Waals surface area contributed by atoms with E-state index >= 15 is 0 Å². The summed E-state index contributed by atoms with van der Waals surface area (Å²) in [6.07, 6.45) is 3.94. The predicted molar refractivity (Wildman–Crippen MR) is 57.1 cm³/mol. The molecule has 2 heterocycles. The van der Waals surface area contributed by atoms with Crippen LogP contribution in [0.3, 0.4) is 0 Å². The Bertz CT molecular complexity index is 180. The molecule has 2 aliphatic heterocycles. The Morgan fingerprint density at radius 2 is 2.46 bits per heavy atom. The van der Waals surface area contributed by atoms with Gasteiger partial charge in [-0.3, -0.25) is 0 Å². The molecule has 0 aromatic rings. The van der Waals surface area contributed by atoms with E-state index in [1.807, 2.05) is 0 Å². The van der Waals surface area contributed by atoms with Gasteiger partial charge in [-0.25, -0.2) is 0 Å². The lowest BCUT2D eigenvalue weighted by Crippen LogP contribution is -2.40. The van der Waals surface area contributed by atoms with Crippen LogP contribution in [0.25, 0.3) is 0 Å². The van der Waals surface area contributed by atoms with Crippen molar-refractivity contribution in [3.8, 4) is 0 Å². The molecule has 0 radical (unpaired) electrons. The number of aliphatic hydroxyl groups excluding tert-OH is 1. The highest BCUT2D eigenvalue weighted by Crippen LogP contribution is 2.47. The van der Waals surface area contributed by atoms with Crippen molar-refractivity contribution >= 4 is 11.8 Å². The van der Waals surface area contributed by atoms with Crippen molar-refractivity contribution in [1.82, 2.24) is 5.32 Å². The van der Waals surface area contributed by atoms with Crippen molar-refractivity contribution in [1.29, 1.82) is 0 Å². The second-order valence-electron chi connectivity index (χ2n) is 4.40. The summed E-state index contributed by atoms with van der Waals surface area (Å²) in [5.74, 6) is 2.00. The third-order valence-corrected chi connectivity index (χ3v) is 5.24. The van der Waals surface area contributed by atoms with Crippen LogP contribution in [0.15, 0.2) is 0 Å². The van der Waals surface area contributed by atoms with Crippen molar-refractivity contribution in [3.05, 3.63) is 0 Å². The highest BCUT2D eigenvalue weighted by Gasteiger charge is 2.43. The molecule has 0 amide bonds. The number of rotatable bonds is 2. The van der Waals surface area contributed by atoms with E-state index in [1.165, 1.54) is 25.0 Å². The van der Waals surface area contributed by atoms with Crippen LogP contribution in [-0.2, 0) is 0 Å². The fourth-order valence-electron chi connectivity index (χ4n) is 2.78. The van der Waals surface area contributed by atoms with Gasteiger partial charge in [-0.05, 0) is 37.5 Å². The van der Waals surface area contributed by atoms with Crippen molar-refractivity contribution in [2.24, 2.45) is 5.92 Å². The highest BCUT2D eigenvalue weighted by atomic mass is 32.2.